The number of fused-ring (bicyclic) bond motifs is 1. The first-order chi connectivity index (χ1) is 9.15. The van der Waals surface area contributed by atoms with Gasteiger partial charge in [0.05, 0.1) is 20.6 Å². The quantitative estimate of drug-likeness (QED) is 0.662. The van der Waals surface area contributed by atoms with Gasteiger partial charge in [0.1, 0.15) is 5.75 Å². The van der Waals surface area contributed by atoms with Crippen molar-refractivity contribution >= 4 is 22.7 Å². The van der Waals surface area contributed by atoms with E-state index in [-0.39, 0.29) is 24.6 Å². The molecule has 1 N–H and O–H groups in total. The lowest BCUT2D eigenvalue weighted by Gasteiger charge is -2.01. The Balaban J connectivity index is 2.24. The number of nitrogens with one attached hydrogen (secondary N) is 1. The molecule has 0 aliphatic rings. The van der Waals surface area contributed by atoms with E-state index in [1.165, 1.54) is 7.11 Å². The molecular formula is C14H15NO4. The number of carbonyl (C=O) groups is 2. The van der Waals surface area contributed by atoms with Gasteiger partial charge < -0.3 is 14.5 Å². The average Bonchev–Trinajstić information content (AvgIpc) is 2.87. The predicted octanol–water partition coefficient (Wildman–Crippen LogP) is 2.31. The summed E-state index contributed by atoms with van der Waals surface area (Å²) in [4.78, 5) is 26.1. The summed E-state index contributed by atoms with van der Waals surface area (Å²) in [6.45, 7) is 0. The summed E-state index contributed by atoms with van der Waals surface area (Å²) < 4.78 is 9.67. The van der Waals surface area contributed by atoms with E-state index in [1.807, 2.05) is 12.1 Å². The Morgan fingerprint density at radius 1 is 1.21 bits per heavy atom. The summed E-state index contributed by atoms with van der Waals surface area (Å²) in [7, 11) is 2.88. The predicted molar refractivity (Wildman–Crippen MR) is 70.4 cm³/mol. The Kier molecular flexibility index (Phi) is 3.85. The zero-order chi connectivity index (χ0) is 13.8. The minimum Gasteiger partial charge on any atom is -0.497 e. The van der Waals surface area contributed by atoms with Gasteiger partial charge in [0.2, 0.25) is 0 Å². The molecule has 0 atom stereocenters. The molecule has 0 unspecified atom stereocenters. The first-order valence-electron chi connectivity index (χ1n) is 5.91. The maximum atomic E-state index is 12.1. The standard InChI is InChI=1S/C14H15NO4/c1-18-9-3-4-12-10(7-9)11(8-15-12)13(16)5-6-14(17)19-2/h3-4,7-8,15H,5-6H2,1-2H3. The highest BCUT2D eigenvalue weighted by molar-refractivity contribution is 6.08. The van der Waals surface area contributed by atoms with E-state index in [0.29, 0.717) is 11.3 Å². The van der Waals surface area contributed by atoms with Gasteiger partial charge in [-0.3, -0.25) is 9.59 Å². The van der Waals surface area contributed by atoms with Gasteiger partial charge >= 0.3 is 5.97 Å². The Hall–Kier alpha value is -2.30. The van der Waals surface area contributed by atoms with E-state index in [2.05, 4.69) is 9.72 Å². The van der Waals surface area contributed by atoms with Crippen molar-refractivity contribution in [3.05, 3.63) is 30.0 Å². The van der Waals surface area contributed by atoms with Crippen molar-refractivity contribution in [2.24, 2.45) is 0 Å². The van der Waals surface area contributed by atoms with Crippen LogP contribution in [0, 0.1) is 0 Å². The smallest absolute Gasteiger partial charge is 0.305 e. The van der Waals surface area contributed by atoms with Crippen molar-refractivity contribution in [2.75, 3.05) is 14.2 Å². The second kappa shape index (κ2) is 5.56. The Bertz CT molecular complexity index is 615. The van der Waals surface area contributed by atoms with Gasteiger partial charge in [-0.2, -0.15) is 0 Å². The maximum Gasteiger partial charge on any atom is 0.305 e. The van der Waals surface area contributed by atoms with Crippen LogP contribution < -0.4 is 4.74 Å². The van der Waals surface area contributed by atoms with Gasteiger partial charge in [-0.05, 0) is 18.2 Å². The molecule has 0 spiro atoms. The fraction of sp³-hybridized carbons (Fsp3) is 0.286. The highest BCUT2D eigenvalue weighted by Gasteiger charge is 2.14. The summed E-state index contributed by atoms with van der Waals surface area (Å²) in [6.07, 6.45) is 1.88. The van der Waals surface area contributed by atoms with Gasteiger partial charge in [-0.25, -0.2) is 0 Å². The van der Waals surface area contributed by atoms with Crippen LogP contribution in [-0.4, -0.2) is 31.0 Å². The van der Waals surface area contributed by atoms with Crippen LogP contribution in [0.25, 0.3) is 10.9 Å². The van der Waals surface area contributed by atoms with Crippen LogP contribution in [0.4, 0.5) is 0 Å². The zero-order valence-electron chi connectivity index (χ0n) is 10.9. The molecule has 0 saturated carbocycles. The van der Waals surface area contributed by atoms with E-state index in [1.54, 1.807) is 19.4 Å². The Labute approximate surface area is 110 Å². The number of H-pyrrole nitrogens is 1. The van der Waals surface area contributed by atoms with Crippen LogP contribution in [0.15, 0.2) is 24.4 Å². The Morgan fingerprint density at radius 3 is 2.68 bits per heavy atom. The number of aromatic nitrogens is 1. The SMILES string of the molecule is COC(=O)CCC(=O)c1c[nH]c2ccc(OC)cc12. The van der Waals surface area contributed by atoms with Crippen molar-refractivity contribution in [1.29, 1.82) is 0 Å². The number of hydrogen-bond acceptors (Lipinski definition) is 4. The van der Waals surface area contributed by atoms with Crippen molar-refractivity contribution in [2.45, 2.75) is 12.8 Å². The first kappa shape index (κ1) is 13.1. The summed E-state index contributed by atoms with van der Waals surface area (Å²) >= 11 is 0. The average molecular weight is 261 g/mol. The number of Topliss-reactive ketones (excluding diaryl/α,β-unsaturated/α-hetero) is 1. The normalized spacial score (nSPS) is 10.4. The molecule has 19 heavy (non-hydrogen) atoms. The largest absolute Gasteiger partial charge is 0.497 e. The molecule has 0 saturated heterocycles. The van der Waals surface area contributed by atoms with E-state index in [9.17, 15) is 9.59 Å². The molecule has 1 heterocycles. The number of rotatable bonds is 5. The minimum atomic E-state index is -0.384. The topological polar surface area (TPSA) is 68.4 Å². The van der Waals surface area contributed by atoms with E-state index < -0.39 is 0 Å². The van der Waals surface area contributed by atoms with Crippen LogP contribution in [0.3, 0.4) is 0 Å². The lowest BCUT2D eigenvalue weighted by atomic mass is 10.1. The summed E-state index contributed by atoms with van der Waals surface area (Å²) in [5.41, 5.74) is 1.43. The molecule has 0 fully saturated rings. The zero-order valence-corrected chi connectivity index (χ0v) is 10.9. The molecule has 2 rings (SSSR count). The molecule has 0 amide bonds. The molecule has 0 radical (unpaired) electrons. The van der Waals surface area contributed by atoms with Crippen molar-refractivity contribution < 1.29 is 19.1 Å². The third-order valence-corrected chi connectivity index (χ3v) is 2.97. The number of esters is 1. The van der Waals surface area contributed by atoms with Crippen LogP contribution in [-0.2, 0) is 9.53 Å². The first-order valence-corrected chi connectivity index (χ1v) is 5.91. The number of carbonyl (C=O) groups excluding carboxylic acids is 2. The van der Waals surface area contributed by atoms with Gasteiger partial charge in [0.15, 0.2) is 5.78 Å². The second-order valence-electron chi connectivity index (χ2n) is 4.11. The highest BCUT2D eigenvalue weighted by Crippen LogP contribution is 2.24. The van der Waals surface area contributed by atoms with Crippen molar-refractivity contribution in [3.63, 3.8) is 0 Å². The van der Waals surface area contributed by atoms with Crippen LogP contribution in [0.2, 0.25) is 0 Å². The Morgan fingerprint density at radius 2 is 2.00 bits per heavy atom. The fourth-order valence-corrected chi connectivity index (χ4v) is 1.91. The molecule has 5 nitrogen and oxygen atoms in total. The summed E-state index contributed by atoms with van der Waals surface area (Å²) in [5, 5.41) is 0.800. The summed E-state index contributed by atoms with van der Waals surface area (Å²) in [6, 6.07) is 5.48. The third-order valence-electron chi connectivity index (χ3n) is 2.97. The molecular weight excluding hydrogens is 246 g/mol. The molecule has 0 aliphatic carbocycles. The van der Waals surface area contributed by atoms with E-state index in [0.717, 1.165) is 10.9 Å². The lowest BCUT2D eigenvalue weighted by molar-refractivity contribution is -0.140. The van der Waals surface area contributed by atoms with Gasteiger partial charge in [0, 0.05) is 29.1 Å². The van der Waals surface area contributed by atoms with Gasteiger partial charge in [0.25, 0.3) is 0 Å². The number of benzene rings is 1. The molecule has 1 aromatic carbocycles. The number of ketones is 1. The molecule has 0 aliphatic heterocycles. The molecule has 1 aromatic heterocycles. The number of hydrogen-bond donors (Lipinski definition) is 1. The summed E-state index contributed by atoms with van der Waals surface area (Å²) in [5.74, 6) is 0.213. The van der Waals surface area contributed by atoms with E-state index in [4.69, 9.17) is 4.74 Å². The van der Waals surface area contributed by atoms with Gasteiger partial charge in [-0.1, -0.05) is 0 Å². The molecule has 0 bridgehead atoms. The highest BCUT2D eigenvalue weighted by atomic mass is 16.5. The molecule has 5 heteroatoms. The second-order valence-corrected chi connectivity index (χ2v) is 4.11. The molecule has 2 aromatic rings. The van der Waals surface area contributed by atoms with Gasteiger partial charge in [-0.15, -0.1) is 0 Å². The van der Waals surface area contributed by atoms with E-state index >= 15 is 0 Å². The number of ether oxygens (including phenoxy) is 2. The fourth-order valence-electron chi connectivity index (χ4n) is 1.91. The third kappa shape index (κ3) is 2.76. The van der Waals surface area contributed by atoms with Crippen LogP contribution in [0.1, 0.15) is 23.2 Å². The van der Waals surface area contributed by atoms with Crippen molar-refractivity contribution in [1.82, 2.24) is 4.98 Å². The minimum absolute atomic E-state index is 0.0893. The van der Waals surface area contributed by atoms with Crippen molar-refractivity contribution in [3.8, 4) is 5.75 Å². The lowest BCUT2D eigenvalue weighted by Crippen LogP contribution is -2.05. The number of methoxy groups -OCH3 is 2. The monoisotopic (exact) mass is 261 g/mol. The molecule has 100 valence electrons. The van der Waals surface area contributed by atoms with Crippen LogP contribution in [0.5, 0.6) is 5.75 Å². The maximum absolute atomic E-state index is 12.1. The van der Waals surface area contributed by atoms with Crippen LogP contribution >= 0.6 is 0 Å². The number of aromatic amines is 1.